The Morgan fingerprint density at radius 2 is 1.89 bits per heavy atom. The highest BCUT2D eigenvalue weighted by Crippen LogP contribution is 2.24. The molecule has 0 radical (unpaired) electrons. The van der Waals surface area contributed by atoms with Crippen molar-refractivity contribution < 1.29 is 23.5 Å². The first-order valence-electron chi connectivity index (χ1n) is 9.38. The molecule has 0 atom stereocenters. The second-order valence-electron chi connectivity index (χ2n) is 7.07. The van der Waals surface area contributed by atoms with E-state index in [0.29, 0.717) is 12.2 Å². The number of rotatable bonds is 6. The molecule has 0 spiro atoms. The Hall–Kier alpha value is -2.55. The number of aromatic nitrogens is 1. The van der Waals surface area contributed by atoms with Crippen LogP contribution in [0.5, 0.6) is 0 Å². The number of piperazine rings is 1. The standard InChI is InChI=1S/C20H21FN4O2S/c21-15-3-5-16(6-4-15)22-20(26)14-25-9-7-24(8-10-25)13-17-12-18(27-23-17)19-2-1-11-28-19/h1-6,11-12H,7-10,13-14H2,(H,22,26)/p+2. The molecule has 1 fully saturated rings. The van der Waals surface area contributed by atoms with E-state index in [-0.39, 0.29) is 11.7 Å². The topological polar surface area (TPSA) is 64.0 Å². The molecule has 1 aromatic carbocycles. The van der Waals surface area contributed by atoms with E-state index in [4.69, 9.17) is 4.52 Å². The van der Waals surface area contributed by atoms with Gasteiger partial charge in [0.05, 0.1) is 4.88 Å². The minimum atomic E-state index is -0.308. The fourth-order valence-electron chi connectivity index (χ4n) is 3.46. The second-order valence-corrected chi connectivity index (χ2v) is 8.02. The van der Waals surface area contributed by atoms with Crippen LogP contribution in [0.4, 0.5) is 10.1 Å². The molecular formula is C20H23FN4O2S+2. The molecule has 0 bridgehead atoms. The Balaban J connectivity index is 1.22. The summed E-state index contributed by atoms with van der Waals surface area (Å²) in [5.41, 5.74) is 1.60. The van der Waals surface area contributed by atoms with Gasteiger partial charge in [-0.2, -0.15) is 0 Å². The molecule has 28 heavy (non-hydrogen) atoms. The first kappa shape index (κ1) is 18.8. The van der Waals surface area contributed by atoms with Gasteiger partial charge in [0.2, 0.25) is 0 Å². The van der Waals surface area contributed by atoms with Crippen LogP contribution in [0.15, 0.2) is 52.4 Å². The number of nitrogens with one attached hydrogen (secondary N) is 3. The highest BCUT2D eigenvalue weighted by atomic mass is 32.1. The number of halogens is 1. The van der Waals surface area contributed by atoms with Gasteiger partial charge in [-0.3, -0.25) is 4.79 Å². The van der Waals surface area contributed by atoms with Crippen molar-refractivity contribution in [3.05, 3.63) is 59.4 Å². The molecule has 1 aliphatic rings. The number of nitrogens with zero attached hydrogens (tertiary/aromatic N) is 1. The van der Waals surface area contributed by atoms with E-state index in [0.717, 1.165) is 49.1 Å². The van der Waals surface area contributed by atoms with Gasteiger partial charge in [0.1, 0.15) is 44.2 Å². The van der Waals surface area contributed by atoms with Crippen LogP contribution in [0.3, 0.4) is 0 Å². The number of benzene rings is 1. The Labute approximate surface area is 166 Å². The van der Waals surface area contributed by atoms with Crippen molar-refractivity contribution >= 4 is 22.9 Å². The van der Waals surface area contributed by atoms with Crippen LogP contribution < -0.4 is 15.1 Å². The zero-order valence-corrected chi connectivity index (χ0v) is 16.2. The van der Waals surface area contributed by atoms with Gasteiger partial charge in [-0.15, -0.1) is 11.3 Å². The maximum absolute atomic E-state index is 12.9. The summed E-state index contributed by atoms with van der Waals surface area (Å²) in [6, 6.07) is 11.9. The molecule has 3 N–H and O–H groups in total. The van der Waals surface area contributed by atoms with Gasteiger partial charge >= 0.3 is 0 Å². The number of carbonyl (C=O) groups excluding carboxylic acids is 1. The number of thiophene rings is 1. The zero-order valence-electron chi connectivity index (χ0n) is 15.4. The van der Waals surface area contributed by atoms with Gasteiger partial charge in [-0.05, 0) is 35.7 Å². The van der Waals surface area contributed by atoms with Gasteiger partial charge in [-0.25, -0.2) is 4.39 Å². The normalized spacial score (nSPS) is 19.5. The summed E-state index contributed by atoms with van der Waals surface area (Å²) in [6.07, 6.45) is 0. The number of amides is 1. The predicted octanol–water partition coefficient (Wildman–Crippen LogP) is 0.464. The van der Waals surface area contributed by atoms with Crippen LogP contribution in [0, 0.1) is 5.82 Å². The Bertz CT molecular complexity index is 903. The monoisotopic (exact) mass is 402 g/mol. The van der Waals surface area contributed by atoms with Gasteiger partial charge in [0, 0.05) is 11.8 Å². The lowest BCUT2D eigenvalue weighted by Crippen LogP contribution is -3.28. The van der Waals surface area contributed by atoms with Crippen molar-refractivity contribution in [3.63, 3.8) is 0 Å². The van der Waals surface area contributed by atoms with Crippen molar-refractivity contribution in [2.45, 2.75) is 6.54 Å². The fraction of sp³-hybridized carbons (Fsp3) is 0.300. The SMILES string of the molecule is O=C(C[NH+]1CC[NH+](Cc2cc(-c3cccs3)on2)CC1)Nc1ccc(F)cc1. The van der Waals surface area contributed by atoms with E-state index >= 15 is 0 Å². The van der Waals surface area contributed by atoms with Crippen molar-refractivity contribution in [1.29, 1.82) is 0 Å². The molecule has 2 aromatic heterocycles. The lowest BCUT2D eigenvalue weighted by molar-refractivity contribution is -1.02. The Morgan fingerprint density at radius 1 is 1.14 bits per heavy atom. The molecule has 146 valence electrons. The van der Waals surface area contributed by atoms with Gasteiger partial charge in [0.25, 0.3) is 5.91 Å². The maximum Gasteiger partial charge on any atom is 0.279 e. The van der Waals surface area contributed by atoms with Crippen molar-refractivity contribution in [2.24, 2.45) is 0 Å². The lowest BCUT2D eigenvalue weighted by atomic mass is 10.2. The molecule has 8 heteroatoms. The molecule has 1 amide bonds. The maximum atomic E-state index is 12.9. The van der Waals surface area contributed by atoms with Gasteiger partial charge < -0.3 is 19.6 Å². The number of anilines is 1. The molecule has 3 aromatic rings. The van der Waals surface area contributed by atoms with Crippen LogP contribution in [0.25, 0.3) is 10.6 Å². The Kier molecular flexibility index (Phi) is 5.80. The summed E-state index contributed by atoms with van der Waals surface area (Å²) in [5, 5.41) is 9.05. The third kappa shape index (κ3) is 4.83. The number of hydrogen-bond acceptors (Lipinski definition) is 4. The van der Waals surface area contributed by atoms with Crippen LogP contribution in [0.2, 0.25) is 0 Å². The number of quaternary nitrogens is 2. The summed E-state index contributed by atoms with van der Waals surface area (Å²) in [5.74, 6) is 0.477. The first-order valence-corrected chi connectivity index (χ1v) is 10.3. The van der Waals surface area contributed by atoms with Crippen molar-refractivity contribution in [1.82, 2.24) is 5.16 Å². The third-order valence-corrected chi connectivity index (χ3v) is 5.84. The summed E-state index contributed by atoms with van der Waals surface area (Å²) >= 11 is 1.64. The quantitative estimate of drug-likeness (QED) is 0.562. The molecule has 1 aliphatic heterocycles. The summed E-state index contributed by atoms with van der Waals surface area (Å²) in [7, 11) is 0. The minimum absolute atomic E-state index is 0.0397. The van der Waals surface area contributed by atoms with Crippen LogP contribution >= 0.6 is 11.3 Å². The van der Waals surface area contributed by atoms with E-state index in [2.05, 4.69) is 10.5 Å². The van der Waals surface area contributed by atoms with Crippen LogP contribution in [-0.2, 0) is 11.3 Å². The molecule has 0 aliphatic carbocycles. The molecule has 0 unspecified atom stereocenters. The average molecular weight is 402 g/mol. The summed E-state index contributed by atoms with van der Waals surface area (Å²) in [6.45, 7) is 5.10. The van der Waals surface area contributed by atoms with Crippen LogP contribution in [0.1, 0.15) is 5.69 Å². The largest absolute Gasteiger partial charge is 0.355 e. The molecule has 3 heterocycles. The van der Waals surface area contributed by atoms with Crippen molar-refractivity contribution in [2.75, 3.05) is 38.0 Å². The fourth-order valence-corrected chi connectivity index (χ4v) is 4.14. The average Bonchev–Trinajstić information content (AvgIpc) is 3.37. The minimum Gasteiger partial charge on any atom is -0.355 e. The summed E-state index contributed by atoms with van der Waals surface area (Å²) in [4.78, 5) is 16.0. The van der Waals surface area contributed by atoms with E-state index in [1.54, 1.807) is 23.5 Å². The van der Waals surface area contributed by atoms with E-state index in [1.807, 2.05) is 23.6 Å². The van der Waals surface area contributed by atoms with Gasteiger partial charge in [-0.1, -0.05) is 11.2 Å². The summed E-state index contributed by atoms with van der Waals surface area (Å²) < 4.78 is 18.4. The predicted molar refractivity (Wildman–Crippen MR) is 105 cm³/mol. The molecule has 4 rings (SSSR count). The molecule has 0 saturated carbocycles. The zero-order chi connectivity index (χ0) is 19.3. The van der Waals surface area contributed by atoms with E-state index < -0.39 is 0 Å². The number of carbonyl (C=O) groups is 1. The third-order valence-electron chi connectivity index (χ3n) is 4.96. The Morgan fingerprint density at radius 3 is 2.61 bits per heavy atom. The highest BCUT2D eigenvalue weighted by Gasteiger charge is 2.26. The molecule has 1 saturated heterocycles. The van der Waals surface area contributed by atoms with Crippen molar-refractivity contribution in [3.8, 4) is 10.6 Å². The van der Waals surface area contributed by atoms with Crippen LogP contribution in [-0.4, -0.2) is 43.8 Å². The van der Waals surface area contributed by atoms with E-state index in [1.165, 1.54) is 21.9 Å². The first-order chi connectivity index (χ1) is 13.7. The van der Waals surface area contributed by atoms with E-state index in [9.17, 15) is 9.18 Å². The lowest BCUT2D eigenvalue weighted by Gasteiger charge is -2.28. The highest BCUT2D eigenvalue weighted by molar-refractivity contribution is 7.13. The van der Waals surface area contributed by atoms with Gasteiger partial charge in [0.15, 0.2) is 12.3 Å². The molecular weight excluding hydrogens is 379 g/mol. The molecule has 6 nitrogen and oxygen atoms in total. The number of hydrogen-bond donors (Lipinski definition) is 3. The smallest absolute Gasteiger partial charge is 0.279 e. The second kappa shape index (κ2) is 8.64.